The van der Waals surface area contributed by atoms with Gasteiger partial charge in [0.25, 0.3) is 5.91 Å². The highest BCUT2D eigenvalue weighted by Gasteiger charge is 2.11. The molecule has 0 aliphatic heterocycles. The molecule has 0 spiro atoms. The van der Waals surface area contributed by atoms with Gasteiger partial charge in [0.2, 0.25) is 0 Å². The van der Waals surface area contributed by atoms with Crippen molar-refractivity contribution in [3.63, 3.8) is 0 Å². The lowest BCUT2D eigenvalue weighted by Gasteiger charge is -2.06. The lowest BCUT2D eigenvalue weighted by Crippen LogP contribution is -2.23. The van der Waals surface area contributed by atoms with Gasteiger partial charge >= 0.3 is 0 Å². The van der Waals surface area contributed by atoms with Crippen molar-refractivity contribution >= 4 is 33.4 Å². The molecule has 1 aromatic heterocycles. The quantitative estimate of drug-likeness (QED) is 0.672. The van der Waals surface area contributed by atoms with E-state index in [1.807, 2.05) is 36.5 Å². The maximum atomic E-state index is 12.3. The first-order valence-electron chi connectivity index (χ1n) is 7.49. The molecule has 3 aromatic rings. The van der Waals surface area contributed by atoms with Crippen molar-refractivity contribution in [3.8, 4) is 11.4 Å². The van der Waals surface area contributed by atoms with E-state index < -0.39 is 0 Å². The summed E-state index contributed by atoms with van der Waals surface area (Å²) >= 11 is 9.41. The Bertz CT molecular complexity index is 894. The van der Waals surface area contributed by atoms with Crippen molar-refractivity contribution in [2.45, 2.75) is 6.54 Å². The summed E-state index contributed by atoms with van der Waals surface area (Å²) in [7, 11) is 1.63. The molecule has 0 fully saturated rings. The number of methoxy groups -OCH3 is 1. The first-order chi connectivity index (χ1) is 12.1. The molecule has 1 heterocycles. The van der Waals surface area contributed by atoms with E-state index in [-0.39, 0.29) is 5.91 Å². The minimum Gasteiger partial charge on any atom is -0.497 e. The van der Waals surface area contributed by atoms with E-state index in [1.54, 1.807) is 30.0 Å². The topological polar surface area (TPSA) is 56.1 Å². The van der Waals surface area contributed by atoms with Crippen LogP contribution in [-0.4, -0.2) is 22.8 Å². The van der Waals surface area contributed by atoms with Gasteiger partial charge in [0, 0.05) is 10.7 Å². The Morgan fingerprint density at radius 1 is 1.24 bits per heavy atom. The first kappa shape index (κ1) is 17.5. The number of benzene rings is 2. The molecule has 0 radical (unpaired) electrons. The van der Waals surface area contributed by atoms with Crippen molar-refractivity contribution in [2.75, 3.05) is 7.11 Å². The molecule has 5 nitrogen and oxygen atoms in total. The summed E-state index contributed by atoms with van der Waals surface area (Å²) in [6.45, 7) is 0.310. The summed E-state index contributed by atoms with van der Waals surface area (Å²) in [6.07, 6.45) is 1.84. The Morgan fingerprint density at radius 3 is 2.72 bits per heavy atom. The highest BCUT2D eigenvalue weighted by Crippen LogP contribution is 2.21. The standard InChI is InChI=1S/C18H15BrClN3O2/c1-25-15-5-3-14(4-6-15)23-9-8-13(22-23)11-21-18(24)16-10-12(19)2-7-17(16)20/h2-10H,11H2,1H3,(H,21,24). The monoisotopic (exact) mass is 419 g/mol. The highest BCUT2D eigenvalue weighted by atomic mass is 79.9. The van der Waals surface area contributed by atoms with Crippen LogP contribution in [0.4, 0.5) is 0 Å². The third-order valence-electron chi connectivity index (χ3n) is 3.58. The van der Waals surface area contributed by atoms with Crippen LogP contribution in [0, 0.1) is 0 Å². The van der Waals surface area contributed by atoms with Crippen LogP contribution >= 0.6 is 27.5 Å². The van der Waals surface area contributed by atoms with Crippen LogP contribution < -0.4 is 10.1 Å². The second-order valence-electron chi connectivity index (χ2n) is 5.26. The average molecular weight is 421 g/mol. The van der Waals surface area contributed by atoms with Crippen LogP contribution in [0.25, 0.3) is 5.69 Å². The SMILES string of the molecule is COc1ccc(-n2ccc(CNC(=O)c3cc(Br)ccc3Cl)n2)cc1. The molecule has 0 bridgehead atoms. The minimum absolute atomic E-state index is 0.245. The van der Waals surface area contributed by atoms with Gasteiger partial charge in [-0.2, -0.15) is 5.10 Å². The van der Waals surface area contributed by atoms with Crippen LogP contribution in [0.15, 0.2) is 59.2 Å². The number of aromatic nitrogens is 2. The second kappa shape index (κ2) is 7.72. The van der Waals surface area contributed by atoms with Gasteiger partial charge in [0.15, 0.2) is 0 Å². The van der Waals surface area contributed by atoms with Gasteiger partial charge in [-0.05, 0) is 48.5 Å². The Morgan fingerprint density at radius 2 is 2.00 bits per heavy atom. The normalized spacial score (nSPS) is 10.5. The number of halogens is 2. The zero-order valence-corrected chi connectivity index (χ0v) is 15.7. The third-order valence-corrected chi connectivity index (χ3v) is 4.41. The largest absolute Gasteiger partial charge is 0.497 e. The number of rotatable bonds is 5. The van der Waals surface area contributed by atoms with Crippen LogP contribution in [0.1, 0.15) is 16.1 Å². The second-order valence-corrected chi connectivity index (χ2v) is 6.58. The molecule has 0 saturated carbocycles. The molecule has 0 aliphatic carbocycles. The fourth-order valence-corrected chi connectivity index (χ4v) is 2.84. The fourth-order valence-electron chi connectivity index (χ4n) is 2.27. The Balaban J connectivity index is 1.67. The van der Waals surface area contributed by atoms with Gasteiger partial charge in [-0.3, -0.25) is 4.79 Å². The van der Waals surface area contributed by atoms with E-state index in [0.717, 1.165) is 21.6 Å². The molecule has 0 atom stereocenters. The fraction of sp³-hybridized carbons (Fsp3) is 0.111. The summed E-state index contributed by atoms with van der Waals surface area (Å²) in [5.74, 6) is 0.541. The van der Waals surface area contributed by atoms with Crippen LogP contribution in [0.5, 0.6) is 5.75 Å². The number of carbonyl (C=O) groups excluding carboxylic acids is 1. The molecule has 1 amide bonds. The van der Waals surface area contributed by atoms with Crippen LogP contribution in [-0.2, 0) is 6.54 Å². The van der Waals surface area contributed by atoms with Gasteiger partial charge in [-0.15, -0.1) is 0 Å². The van der Waals surface area contributed by atoms with E-state index >= 15 is 0 Å². The number of nitrogens with one attached hydrogen (secondary N) is 1. The van der Waals surface area contributed by atoms with Crippen LogP contribution in [0.2, 0.25) is 5.02 Å². The highest BCUT2D eigenvalue weighted by molar-refractivity contribution is 9.10. The molecule has 7 heteroatoms. The molecule has 0 saturated heterocycles. The predicted molar refractivity (Wildman–Crippen MR) is 100 cm³/mol. The maximum Gasteiger partial charge on any atom is 0.253 e. The van der Waals surface area contributed by atoms with Crippen molar-refractivity contribution in [2.24, 2.45) is 0 Å². The zero-order valence-electron chi connectivity index (χ0n) is 13.4. The van der Waals surface area contributed by atoms with E-state index in [9.17, 15) is 4.79 Å². The van der Waals surface area contributed by atoms with Crippen molar-refractivity contribution in [1.82, 2.24) is 15.1 Å². The molecule has 2 aromatic carbocycles. The van der Waals surface area contributed by atoms with E-state index in [2.05, 4.69) is 26.3 Å². The number of hydrogen-bond donors (Lipinski definition) is 1. The molecular formula is C18H15BrClN3O2. The molecular weight excluding hydrogens is 406 g/mol. The van der Waals surface area contributed by atoms with Gasteiger partial charge in [-0.1, -0.05) is 27.5 Å². The Hall–Kier alpha value is -2.31. The third kappa shape index (κ3) is 4.21. The summed E-state index contributed by atoms with van der Waals surface area (Å²) in [6, 6.07) is 14.6. The lowest BCUT2D eigenvalue weighted by molar-refractivity contribution is 0.0950. The summed E-state index contributed by atoms with van der Waals surface area (Å²) in [5.41, 5.74) is 2.08. The van der Waals surface area contributed by atoms with Gasteiger partial charge in [-0.25, -0.2) is 4.68 Å². The first-order valence-corrected chi connectivity index (χ1v) is 8.66. The van der Waals surface area contributed by atoms with Gasteiger partial charge in [0.1, 0.15) is 5.75 Å². The predicted octanol–water partition coefficient (Wildman–Crippen LogP) is 4.23. The summed E-state index contributed by atoms with van der Waals surface area (Å²) in [4.78, 5) is 12.3. The number of amides is 1. The van der Waals surface area contributed by atoms with Gasteiger partial charge in [0.05, 0.1) is 35.6 Å². The van der Waals surface area contributed by atoms with Crippen molar-refractivity contribution in [3.05, 3.63) is 75.5 Å². The zero-order chi connectivity index (χ0) is 17.8. The van der Waals surface area contributed by atoms with Crippen molar-refractivity contribution < 1.29 is 9.53 Å². The number of nitrogens with zero attached hydrogens (tertiary/aromatic N) is 2. The summed E-state index contributed by atoms with van der Waals surface area (Å²) < 4.78 is 7.68. The number of carbonyl (C=O) groups is 1. The molecule has 128 valence electrons. The Labute approximate surface area is 158 Å². The summed E-state index contributed by atoms with van der Waals surface area (Å²) in [5, 5.41) is 7.69. The molecule has 3 rings (SSSR count). The van der Waals surface area contributed by atoms with E-state index in [1.165, 1.54) is 0 Å². The maximum absolute atomic E-state index is 12.3. The minimum atomic E-state index is -0.245. The van der Waals surface area contributed by atoms with Crippen molar-refractivity contribution in [1.29, 1.82) is 0 Å². The molecule has 0 aliphatic rings. The average Bonchev–Trinajstić information content (AvgIpc) is 3.11. The molecule has 25 heavy (non-hydrogen) atoms. The number of hydrogen-bond acceptors (Lipinski definition) is 3. The van der Waals surface area contributed by atoms with Gasteiger partial charge < -0.3 is 10.1 Å². The smallest absolute Gasteiger partial charge is 0.253 e. The Kier molecular flexibility index (Phi) is 5.40. The van der Waals surface area contributed by atoms with E-state index in [0.29, 0.717) is 17.1 Å². The molecule has 0 unspecified atom stereocenters. The lowest BCUT2D eigenvalue weighted by atomic mass is 10.2. The molecule has 1 N–H and O–H groups in total. The van der Waals surface area contributed by atoms with Crippen LogP contribution in [0.3, 0.4) is 0 Å². The number of ether oxygens (including phenoxy) is 1. The van der Waals surface area contributed by atoms with E-state index in [4.69, 9.17) is 16.3 Å².